The molecule has 5 heteroatoms. The van der Waals surface area contributed by atoms with Gasteiger partial charge in [0.15, 0.2) is 0 Å². The van der Waals surface area contributed by atoms with E-state index in [9.17, 15) is 4.79 Å². The minimum absolute atomic E-state index is 0.150. The average Bonchev–Trinajstić information content (AvgIpc) is 3.13. The zero-order chi connectivity index (χ0) is 13.6. The smallest absolute Gasteiger partial charge is 0.303 e. The Morgan fingerprint density at radius 3 is 2.84 bits per heavy atom. The van der Waals surface area contributed by atoms with Crippen molar-refractivity contribution >= 4 is 17.0 Å². The summed E-state index contributed by atoms with van der Waals surface area (Å²) in [6, 6.07) is 0. The molecule has 0 amide bonds. The molecule has 2 aromatic heterocycles. The summed E-state index contributed by atoms with van der Waals surface area (Å²) in [6.45, 7) is 1.91. The van der Waals surface area contributed by atoms with Gasteiger partial charge in [0.2, 0.25) is 0 Å². The average molecular weight is 259 g/mol. The number of carbonyl (C=O) groups is 1. The van der Waals surface area contributed by atoms with Gasteiger partial charge in [-0.3, -0.25) is 4.79 Å². The van der Waals surface area contributed by atoms with Gasteiger partial charge in [0.05, 0.1) is 5.69 Å². The second-order valence-electron chi connectivity index (χ2n) is 5.29. The van der Waals surface area contributed by atoms with Gasteiger partial charge in [0.1, 0.15) is 11.5 Å². The van der Waals surface area contributed by atoms with Gasteiger partial charge >= 0.3 is 5.97 Å². The first-order valence-electron chi connectivity index (χ1n) is 6.60. The predicted molar refractivity (Wildman–Crippen MR) is 71.2 cm³/mol. The molecule has 1 aliphatic rings. The van der Waals surface area contributed by atoms with Crippen LogP contribution < -0.4 is 0 Å². The Bertz CT molecular complexity index is 656. The molecule has 0 unspecified atom stereocenters. The molecule has 0 saturated heterocycles. The lowest BCUT2D eigenvalue weighted by Crippen LogP contribution is -2.00. The third-order valence-electron chi connectivity index (χ3n) is 3.61. The predicted octanol–water partition coefficient (Wildman–Crippen LogP) is 2.17. The second kappa shape index (κ2) is 4.33. The van der Waals surface area contributed by atoms with Gasteiger partial charge in [0, 0.05) is 31.0 Å². The van der Waals surface area contributed by atoms with E-state index in [1.807, 2.05) is 24.7 Å². The van der Waals surface area contributed by atoms with E-state index in [4.69, 9.17) is 5.11 Å². The number of hydrogen-bond acceptors (Lipinski definition) is 3. The van der Waals surface area contributed by atoms with Crippen molar-refractivity contribution in [3.05, 3.63) is 23.3 Å². The molecule has 1 N–H and O–H groups in total. The van der Waals surface area contributed by atoms with Crippen molar-refractivity contribution < 1.29 is 9.90 Å². The maximum absolute atomic E-state index is 10.8. The molecule has 2 heterocycles. The summed E-state index contributed by atoms with van der Waals surface area (Å²) in [5.74, 6) is 0.563. The Morgan fingerprint density at radius 2 is 2.21 bits per heavy atom. The summed E-state index contributed by atoms with van der Waals surface area (Å²) >= 11 is 0. The summed E-state index contributed by atoms with van der Waals surface area (Å²) < 4.78 is 1.98. The van der Waals surface area contributed by atoms with Crippen LogP contribution >= 0.6 is 0 Å². The maximum Gasteiger partial charge on any atom is 0.303 e. The van der Waals surface area contributed by atoms with Crippen LogP contribution in [0.3, 0.4) is 0 Å². The lowest BCUT2D eigenvalue weighted by Gasteiger charge is -2.05. The minimum Gasteiger partial charge on any atom is -0.481 e. The highest BCUT2D eigenvalue weighted by molar-refractivity contribution is 5.84. The normalized spacial score (nSPS) is 15.1. The monoisotopic (exact) mass is 259 g/mol. The van der Waals surface area contributed by atoms with Crippen molar-refractivity contribution in [2.45, 2.75) is 38.5 Å². The van der Waals surface area contributed by atoms with Gasteiger partial charge in [-0.05, 0) is 31.7 Å². The van der Waals surface area contributed by atoms with Crippen molar-refractivity contribution in [1.29, 1.82) is 0 Å². The standard InChI is InChI=1S/C14H17N3O2/c1-8-15-13(9-3-4-9)12-10(5-6-11(18)19)7-17(2)14(12)16-8/h7,9H,3-6H2,1-2H3,(H,18,19). The highest BCUT2D eigenvalue weighted by atomic mass is 16.4. The van der Waals surface area contributed by atoms with Crippen molar-refractivity contribution in [3.63, 3.8) is 0 Å². The Balaban J connectivity index is 2.14. The number of hydrogen-bond donors (Lipinski definition) is 1. The fourth-order valence-electron chi connectivity index (χ4n) is 2.59. The molecule has 1 fully saturated rings. The number of carboxylic acid groups (broad SMARTS) is 1. The van der Waals surface area contributed by atoms with E-state index in [2.05, 4.69) is 9.97 Å². The van der Waals surface area contributed by atoms with Gasteiger partial charge < -0.3 is 9.67 Å². The lowest BCUT2D eigenvalue weighted by atomic mass is 10.1. The van der Waals surface area contributed by atoms with E-state index in [0.29, 0.717) is 12.3 Å². The molecule has 0 bridgehead atoms. The Kier molecular flexibility index (Phi) is 2.77. The first kappa shape index (κ1) is 12.1. The first-order valence-corrected chi connectivity index (χ1v) is 6.60. The molecule has 0 radical (unpaired) electrons. The highest BCUT2D eigenvalue weighted by Gasteiger charge is 2.29. The summed E-state index contributed by atoms with van der Waals surface area (Å²) in [7, 11) is 1.95. The van der Waals surface area contributed by atoms with Crippen LogP contribution in [0.15, 0.2) is 6.20 Å². The largest absolute Gasteiger partial charge is 0.481 e. The van der Waals surface area contributed by atoms with Gasteiger partial charge in [-0.2, -0.15) is 0 Å². The summed E-state index contributed by atoms with van der Waals surface area (Å²) in [5.41, 5.74) is 3.10. The van der Waals surface area contributed by atoms with Crippen molar-refractivity contribution in [2.24, 2.45) is 7.05 Å². The zero-order valence-electron chi connectivity index (χ0n) is 11.2. The van der Waals surface area contributed by atoms with Gasteiger partial charge in [-0.25, -0.2) is 9.97 Å². The van der Waals surface area contributed by atoms with E-state index in [-0.39, 0.29) is 6.42 Å². The number of rotatable bonds is 4. The number of fused-ring (bicyclic) bond motifs is 1. The van der Waals surface area contributed by atoms with Crippen LogP contribution in [0.1, 0.15) is 42.3 Å². The van der Waals surface area contributed by atoms with E-state index in [0.717, 1.165) is 28.1 Å². The second-order valence-corrected chi connectivity index (χ2v) is 5.29. The minimum atomic E-state index is -0.766. The third-order valence-corrected chi connectivity index (χ3v) is 3.61. The summed E-state index contributed by atoms with van der Waals surface area (Å²) in [6.07, 6.45) is 5.04. The molecule has 19 heavy (non-hydrogen) atoms. The number of aromatic nitrogens is 3. The molecule has 2 aromatic rings. The Labute approximate surface area is 111 Å². The molecular weight excluding hydrogens is 242 g/mol. The molecule has 0 aromatic carbocycles. The fraction of sp³-hybridized carbons (Fsp3) is 0.500. The van der Waals surface area contributed by atoms with Gasteiger partial charge in [-0.15, -0.1) is 0 Å². The van der Waals surface area contributed by atoms with Crippen LogP contribution in [-0.4, -0.2) is 25.6 Å². The third kappa shape index (κ3) is 2.20. The van der Waals surface area contributed by atoms with Crippen molar-refractivity contribution in [1.82, 2.24) is 14.5 Å². The van der Waals surface area contributed by atoms with E-state index >= 15 is 0 Å². The molecule has 0 aliphatic heterocycles. The number of aryl methyl sites for hydroxylation is 3. The van der Waals surface area contributed by atoms with E-state index in [1.165, 1.54) is 12.8 Å². The van der Waals surface area contributed by atoms with Crippen LogP contribution in [-0.2, 0) is 18.3 Å². The molecule has 100 valence electrons. The Morgan fingerprint density at radius 1 is 1.47 bits per heavy atom. The molecular formula is C14H17N3O2. The van der Waals surface area contributed by atoms with Crippen molar-refractivity contribution in [3.8, 4) is 0 Å². The molecule has 3 rings (SSSR count). The number of nitrogens with zero attached hydrogens (tertiary/aromatic N) is 3. The van der Waals surface area contributed by atoms with Crippen LogP contribution in [0.25, 0.3) is 11.0 Å². The van der Waals surface area contributed by atoms with Crippen LogP contribution in [0.5, 0.6) is 0 Å². The lowest BCUT2D eigenvalue weighted by molar-refractivity contribution is -0.136. The molecule has 1 aliphatic carbocycles. The highest BCUT2D eigenvalue weighted by Crippen LogP contribution is 2.43. The van der Waals surface area contributed by atoms with Gasteiger partial charge in [0.25, 0.3) is 0 Å². The SMILES string of the molecule is Cc1nc(C2CC2)c2c(CCC(=O)O)cn(C)c2n1. The van der Waals surface area contributed by atoms with Crippen molar-refractivity contribution in [2.75, 3.05) is 0 Å². The molecule has 1 saturated carbocycles. The molecule has 0 atom stereocenters. The number of aliphatic carboxylic acids is 1. The maximum atomic E-state index is 10.8. The van der Waals surface area contributed by atoms with E-state index < -0.39 is 5.97 Å². The molecule has 5 nitrogen and oxygen atoms in total. The van der Waals surface area contributed by atoms with Gasteiger partial charge in [-0.1, -0.05) is 0 Å². The van der Waals surface area contributed by atoms with Crippen LogP contribution in [0.2, 0.25) is 0 Å². The Hall–Kier alpha value is -1.91. The van der Waals surface area contributed by atoms with Crippen LogP contribution in [0.4, 0.5) is 0 Å². The fourth-order valence-corrected chi connectivity index (χ4v) is 2.59. The molecule has 0 spiro atoms. The first-order chi connectivity index (χ1) is 9.06. The quantitative estimate of drug-likeness (QED) is 0.913. The zero-order valence-corrected chi connectivity index (χ0v) is 11.2. The van der Waals surface area contributed by atoms with E-state index in [1.54, 1.807) is 0 Å². The number of carboxylic acids is 1. The summed E-state index contributed by atoms with van der Waals surface area (Å²) in [4.78, 5) is 19.9. The summed E-state index contributed by atoms with van der Waals surface area (Å²) in [5, 5.41) is 9.93. The van der Waals surface area contributed by atoms with Crippen LogP contribution in [0, 0.1) is 6.92 Å². The topological polar surface area (TPSA) is 68.0 Å².